The maximum Gasteiger partial charge on any atom is 0.339 e. The second-order valence-electron chi connectivity index (χ2n) is 6.34. The fourth-order valence-corrected chi connectivity index (χ4v) is 3.21. The molecule has 10 nitrogen and oxygen atoms in total. The molecule has 0 bridgehead atoms. The Hall–Kier alpha value is -2.56. The van der Waals surface area contributed by atoms with Crippen molar-refractivity contribution in [2.45, 2.75) is 51.5 Å². The van der Waals surface area contributed by atoms with Crippen LogP contribution in [-0.4, -0.2) is 61.7 Å². The Morgan fingerprint density at radius 3 is 1.97 bits per heavy atom. The monoisotopic (exact) mass is 478 g/mol. The molecule has 0 unspecified atom stereocenters. The first-order chi connectivity index (χ1) is 14.5. The lowest BCUT2D eigenvalue weighted by atomic mass is 9.97. The number of esters is 4. The van der Waals surface area contributed by atoms with Crippen molar-refractivity contribution in [2.75, 3.05) is 7.11 Å². The molecule has 0 aromatic heterocycles. The molecule has 5 atom stereocenters. The van der Waals surface area contributed by atoms with Crippen molar-refractivity contribution < 1.29 is 47.6 Å². The second-order valence-corrected chi connectivity index (χ2v) is 7.13. The van der Waals surface area contributed by atoms with E-state index in [4.69, 9.17) is 51.6 Å². The number of methoxy groups -OCH3 is 1. The van der Waals surface area contributed by atoms with E-state index in [0.29, 0.717) is 0 Å². The van der Waals surface area contributed by atoms with Crippen LogP contribution in [-0.2, 0) is 42.9 Å². The Morgan fingerprint density at radius 1 is 0.871 bits per heavy atom. The first kappa shape index (κ1) is 24.7. The zero-order chi connectivity index (χ0) is 23.3. The van der Waals surface area contributed by atoms with Gasteiger partial charge in [0.2, 0.25) is 12.4 Å². The van der Waals surface area contributed by atoms with Gasteiger partial charge in [-0.3, -0.25) is 14.4 Å². The predicted octanol–water partition coefficient (Wildman–Crippen LogP) is 2.07. The molecule has 0 aliphatic carbocycles. The smallest absolute Gasteiger partial charge is 0.339 e. The summed E-state index contributed by atoms with van der Waals surface area (Å²) in [7, 11) is 1.08. The highest BCUT2D eigenvalue weighted by atomic mass is 35.5. The van der Waals surface area contributed by atoms with Gasteiger partial charge < -0.3 is 28.4 Å². The van der Waals surface area contributed by atoms with Crippen LogP contribution in [0, 0.1) is 0 Å². The Balaban J connectivity index is 2.53. The van der Waals surface area contributed by atoms with Crippen molar-refractivity contribution in [1.82, 2.24) is 0 Å². The van der Waals surface area contributed by atoms with Crippen molar-refractivity contribution in [2.24, 2.45) is 0 Å². The van der Waals surface area contributed by atoms with Gasteiger partial charge in [-0.2, -0.15) is 0 Å². The van der Waals surface area contributed by atoms with Gasteiger partial charge in [-0.25, -0.2) is 4.79 Å². The topological polar surface area (TPSA) is 124 Å². The average molecular weight is 479 g/mol. The van der Waals surface area contributed by atoms with Gasteiger partial charge in [0.25, 0.3) is 0 Å². The first-order valence-electron chi connectivity index (χ1n) is 8.90. The summed E-state index contributed by atoms with van der Waals surface area (Å²) in [4.78, 5) is 47.5. The minimum atomic E-state index is -1.58. The van der Waals surface area contributed by atoms with Crippen molar-refractivity contribution in [3.05, 3.63) is 28.2 Å². The Morgan fingerprint density at radius 2 is 1.42 bits per heavy atom. The summed E-state index contributed by atoms with van der Waals surface area (Å²) >= 11 is 12.1. The molecule has 170 valence electrons. The lowest BCUT2D eigenvalue weighted by Crippen LogP contribution is -2.64. The number of halogens is 2. The molecule has 0 N–H and O–H groups in total. The SMILES string of the molecule is COC(=O)[C@H]1O[C@@H](Oc2cccc(Cl)c2Cl)[C@H](OC(C)=O)[C@@H](OC(C)=O)[C@@H]1OC(C)=O. The maximum atomic E-state index is 12.3. The van der Waals surface area contributed by atoms with Gasteiger partial charge >= 0.3 is 23.9 Å². The molecule has 1 aromatic carbocycles. The van der Waals surface area contributed by atoms with Crippen LogP contribution in [0.5, 0.6) is 5.75 Å². The quantitative estimate of drug-likeness (QED) is 0.443. The van der Waals surface area contributed by atoms with Crippen LogP contribution in [0.25, 0.3) is 0 Å². The third-order valence-electron chi connectivity index (χ3n) is 3.99. The highest BCUT2D eigenvalue weighted by molar-refractivity contribution is 6.42. The van der Waals surface area contributed by atoms with E-state index >= 15 is 0 Å². The van der Waals surface area contributed by atoms with Crippen molar-refractivity contribution in [3.8, 4) is 5.75 Å². The Labute approximate surface area is 187 Å². The molecule has 1 saturated heterocycles. The van der Waals surface area contributed by atoms with Crippen molar-refractivity contribution in [3.63, 3.8) is 0 Å². The molecule has 1 aliphatic heterocycles. The van der Waals surface area contributed by atoms with Gasteiger partial charge in [0.1, 0.15) is 10.8 Å². The molecule has 0 radical (unpaired) electrons. The zero-order valence-electron chi connectivity index (χ0n) is 17.0. The minimum Gasteiger partial charge on any atom is -0.467 e. The fourth-order valence-electron chi connectivity index (χ4n) is 2.87. The van der Waals surface area contributed by atoms with Gasteiger partial charge in [-0.05, 0) is 12.1 Å². The number of carbonyl (C=O) groups excluding carboxylic acids is 4. The van der Waals surface area contributed by atoms with E-state index in [1.54, 1.807) is 0 Å². The van der Waals surface area contributed by atoms with Crippen LogP contribution >= 0.6 is 23.2 Å². The van der Waals surface area contributed by atoms with Crippen LogP contribution < -0.4 is 4.74 Å². The number of benzene rings is 1. The summed E-state index contributed by atoms with van der Waals surface area (Å²) < 4.78 is 31.7. The third kappa shape index (κ3) is 6.22. The first-order valence-corrected chi connectivity index (χ1v) is 9.66. The van der Waals surface area contributed by atoms with E-state index < -0.39 is 54.6 Å². The summed E-state index contributed by atoms with van der Waals surface area (Å²) in [6, 6.07) is 4.50. The summed E-state index contributed by atoms with van der Waals surface area (Å²) in [6.07, 6.45) is -7.49. The minimum absolute atomic E-state index is 0.0232. The van der Waals surface area contributed by atoms with Crippen LogP contribution in [0.4, 0.5) is 0 Å². The second kappa shape index (κ2) is 10.7. The van der Waals surface area contributed by atoms with Crippen molar-refractivity contribution in [1.29, 1.82) is 0 Å². The Bertz CT molecular complexity index is 858. The van der Waals surface area contributed by atoms with Crippen LogP contribution in [0.3, 0.4) is 0 Å². The molecule has 2 rings (SSSR count). The molecular weight excluding hydrogens is 459 g/mol. The molecule has 1 heterocycles. The van der Waals surface area contributed by atoms with Gasteiger partial charge in [0, 0.05) is 20.8 Å². The van der Waals surface area contributed by atoms with Gasteiger partial charge in [0.15, 0.2) is 18.3 Å². The summed E-state index contributed by atoms with van der Waals surface area (Å²) in [5.41, 5.74) is 0. The number of hydrogen-bond donors (Lipinski definition) is 0. The van der Waals surface area contributed by atoms with Crippen molar-refractivity contribution >= 4 is 47.1 Å². The molecule has 12 heteroatoms. The normalized spacial score (nSPS) is 25.2. The molecule has 1 aliphatic rings. The molecule has 1 fully saturated rings. The standard InChI is InChI=1S/C19H20Cl2O10/c1-8(22)27-14-15(28-9(2)23)17(29-10(3)24)19(31-16(14)18(25)26-4)30-12-7-5-6-11(20)13(12)21/h5-7,14-17,19H,1-4H3/t14-,15-,16-,17+,19+/m0/s1. The van der Waals surface area contributed by atoms with E-state index in [-0.39, 0.29) is 15.8 Å². The van der Waals surface area contributed by atoms with E-state index in [1.807, 2.05) is 0 Å². The number of carbonyl (C=O) groups is 4. The van der Waals surface area contributed by atoms with E-state index in [1.165, 1.54) is 18.2 Å². The summed E-state index contributed by atoms with van der Waals surface area (Å²) in [6.45, 7) is 3.26. The highest BCUT2D eigenvalue weighted by Gasteiger charge is 2.55. The average Bonchev–Trinajstić information content (AvgIpc) is 2.67. The van der Waals surface area contributed by atoms with Crippen LogP contribution in [0.1, 0.15) is 20.8 Å². The molecule has 0 saturated carbocycles. The predicted molar refractivity (Wildman–Crippen MR) is 104 cm³/mol. The van der Waals surface area contributed by atoms with Crippen LogP contribution in [0.15, 0.2) is 18.2 Å². The number of rotatable bonds is 6. The summed E-state index contributed by atoms with van der Waals surface area (Å²) in [5, 5.41) is 0.188. The molecular formula is C19H20Cl2O10. The Kier molecular flexibility index (Phi) is 8.49. The maximum absolute atomic E-state index is 12.3. The lowest BCUT2D eigenvalue weighted by Gasteiger charge is -2.43. The zero-order valence-corrected chi connectivity index (χ0v) is 18.5. The van der Waals surface area contributed by atoms with Gasteiger partial charge in [0.05, 0.1) is 12.1 Å². The molecule has 31 heavy (non-hydrogen) atoms. The van der Waals surface area contributed by atoms with Gasteiger partial charge in [-0.15, -0.1) is 0 Å². The largest absolute Gasteiger partial charge is 0.467 e. The lowest BCUT2D eigenvalue weighted by molar-refractivity contribution is -0.282. The fraction of sp³-hybridized carbons (Fsp3) is 0.474. The van der Waals surface area contributed by atoms with Gasteiger partial charge in [-0.1, -0.05) is 29.3 Å². The number of ether oxygens (including phenoxy) is 6. The van der Waals surface area contributed by atoms with E-state index in [0.717, 1.165) is 27.9 Å². The molecule has 0 amide bonds. The molecule has 1 aromatic rings. The number of hydrogen-bond acceptors (Lipinski definition) is 10. The van der Waals surface area contributed by atoms with E-state index in [2.05, 4.69) is 0 Å². The highest BCUT2D eigenvalue weighted by Crippen LogP contribution is 2.36. The summed E-state index contributed by atoms with van der Waals surface area (Å²) in [5.74, 6) is -3.31. The van der Waals surface area contributed by atoms with Crippen LogP contribution in [0.2, 0.25) is 10.0 Å². The van der Waals surface area contributed by atoms with E-state index in [9.17, 15) is 19.2 Å². The molecule has 0 spiro atoms. The third-order valence-corrected chi connectivity index (χ3v) is 4.80.